The SMILES string of the molecule is Cc1ccc(C(CC(=O)O)Cc2ccncc2)c(C)c1. The van der Waals surface area contributed by atoms with Crippen LogP contribution in [-0.4, -0.2) is 16.1 Å². The molecule has 0 radical (unpaired) electrons. The Balaban J connectivity index is 2.29. The van der Waals surface area contributed by atoms with Crippen LogP contribution in [0.1, 0.15) is 34.6 Å². The fourth-order valence-electron chi connectivity index (χ4n) is 2.59. The minimum Gasteiger partial charge on any atom is -0.481 e. The molecule has 1 aromatic heterocycles. The Morgan fingerprint density at radius 2 is 1.90 bits per heavy atom. The standard InChI is InChI=1S/C17H19NO2/c1-12-3-4-16(13(2)9-12)15(11-17(19)20)10-14-5-7-18-8-6-14/h3-9,15H,10-11H2,1-2H3,(H,19,20). The summed E-state index contributed by atoms with van der Waals surface area (Å²) >= 11 is 0. The lowest BCUT2D eigenvalue weighted by Gasteiger charge is -2.18. The Morgan fingerprint density at radius 3 is 2.50 bits per heavy atom. The zero-order valence-electron chi connectivity index (χ0n) is 11.8. The smallest absolute Gasteiger partial charge is 0.303 e. The Hall–Kier alpha value is -2.16. The molecule has 1 aromatic carbocycles. The molecule has 0 aliphatic rings. The maximum absolute atomic E-state index is 11.1. The molecule has 0 aliphatic carbocycles. The van der Waals surface area contributed by atoms with E-state index >= 15 is 0 Å². The predicted molar refractivity (Wildman–Crippen MR) is 78.9 cm³/mol. The van der Waals surface area contributed by atoms with Gasteiger partial charge < -0.3 is 5.11 Å². The molecule has 0 fully saturated rings. The molecular weight excluding hydrogens is 250 g/mol. The second-order valence-electron chi connectivity index (χ2n) is 5.21. The third-order valence-corrected chi connectivity index (χ3v) is 3.52. The first kappa shape index (κ1) is 14.3. The van der Waals surface area contributed by atoms with E-state index in [1.807, 2.05) is 32.0 Å². The van der Waals surface area contributed by atoms with Gasteiger partial charge in [0.25, 0.3) is 0 Å². The summed E-state index contributed by atoms with van der Waals surface area (Å²) < 4.78 is 0. The van der Waals surface area contributed by atoms with Crippen LogP contribution in [0.2, 0.25) is 0 Å². The number of carbonyl (C=O) groups is 1. The summed E-state index contributed by atoms with van der Waals surface area (Å²) in [6, 6.07) is 10.1. The van der Waals surface area contributed by atoms with Crippen molar-refractivity contribution in [1.82, 2.24) is 4.98 Å². The molecule has 3 nitrogen and oxygen atoms in total. The molecule has 1 N–H and O–H groups in total. The van der Waals surface area contributed by atoms with E-state index in [4.69, 9.17) is 5.11 Å². The number of hydrogen-bond acceptors (Lipinski definition) is 2. The molecular formula is C17H19NO2. The van der Waals surface area contributed by atoms with Gasteiger partial charge in [0.2, 0.25) is 0 Å². The predicted octanol–water partition coefficient (Wildman–Crippen LogP) is 3.50. The van der Waals surface area contributed by atoms with Crippen molar-refractivity contribution in [3.63, 3.8) is 0 Å². The van der Waals surface area contributed by atoms with E-state index in [0.717, 1.165) is 23.1 Å². The van der Waals surface area contributed by atoms with Gasteiger partial charge in [0, 0.05) is 12.4 Å². The van der Waals surface area contributed by atoms with Crippen molar-refractivity contribution >= 4 is 5.97 Å². The zero-order chi connectivity index (χ0) is 14.5. The molecule has 20 heavy (non-hydrogen) atoms. The zero-order valence-corrected chi connectivity index (χ0v) is 11.8. The topological polar surface area (TPSA) is 50.2 Å². The fraction of sp³-hybridized carbons (Fsp3) is 0.294. The van der Waals surface area contributed by atoms with Crippen LogP contribution in [-0.2, 0) is 11.2 Å². The van der Waals surface area contributed by atoms with Gasteiger partial charge in [-0.25, -0.2) is 0 Å². The molecule has 0 aliphatic heterocycles. The van der Waals surface area contributed by atoms with Gasteiger partial charge in [-0.1, -0.05) is 23.8 Å². The lowest BCUT2D eigenvalue weighted by atomic mass is 9.86. The Morgan fingerprint density at radius 1 is 1.20 bits per heavy atom. The van der Waals surface area contributed by atoms with Gasteiger partial charge in [0.05, 0.1) is 6.42 Å². The maximum atomic E-state index is 11.1. The molecule has 2 rings (SSSR count). The van der Waals surface area contributed by atoms with Crippen molar-refractivity contribution in [1.29, 1.82) is 0 Å². The van der Waals surface area contributed by atoms with E-state index < -0.39 is 5.97 Å². The highest BCUT2D eigenvalue weighted by atomic mass is 16.4. The fourth-order valence-corrected chi connectivity index (χ4v) is 2.59. The average Bonchev–Trinajstić information content (AvgIpc) is 2.38. The van der Waals surface area contributed by atoms with E-state index in [-0.39, 0.29) is 12.3 Å². The molecule has 0 amide bonds. The van der Waals surface area contributed by atoms with Crippen LogP contribution in [0.5, 0.6) is 0 Å². The number of aromatic nitrogens is 1. The molecule has 1 heterocycles. The van der Waals surface area contributed by atoms with Crippen molar-refractivity contribution in [2.75, 3.05) is 0 Å². The summed E-state index contributed by atoms with van der Waals surface area (Å²) in [6.07, 6.45) is 4.36. The summed E-state index contributed by atoms with van der Waals surface area (Å²) in [5.74, 6) is -0.764. The van der Waals surface area contributed by atoms with Gasteiger partial charge in [-0.15, -0.1) is 0 Å². The first-order chi connectivity index (χ1) is 9.56. The number of aliphatic carboxylic acids is 1. The van der Waals surface area contributed by atoms with Crippen LogP contribution in [0.4, 0.5) is 0 Å². The highest BCUT2D eigenvalue weighted by Gasteiger charge is 2.18. The second kappa shape index (κ2) is 6.33. The third kappa shape index (κ3) is 3.67. The summed E-state index contributed by atoms with van der Waals surface area (Å²) in [6.45, 7) is 4.09. The number of carboxylic acid groups (broad SMARTS) is 1. The average molecular weight is 269 g/mol. The van der Waals surface area contributed by atoms with Gasteiger partial charge in [-0.05, 0) is 55.0 Å². The van der Waals surface area contributed by atoms with Gasteiger partial charge in [-0.3, -0.25) is 9.78 Å². The van der Waals surface area contributed by atoms with Crippen LogP contribution in [0.25, 0.3) is 0 Å². The number of carboxylic acids is 1. The van der Waals surface area contributed by atoms with E-state index in [1.165, 1.54) is 5.56 Å². The lowest BCUT2D eigenvalue weighted by Crippen LogP contribution is -2.11. The van der Waals surface area contributed by atoms with E-state index in [1.54, 1.807) is 12.4 Å². The highest BCUT2D eigenvalue weighted by Crippen LogP contribution is 2.27. The summed E-state index contributed by atoms with van der Waals surface area (Å²) in [4.78, 5) is 15.1. The van der Waals surface area contributed by atoms with Crippen molar-refractivity contribution in [3.05, 3.63) is 65.0 Å². The molecule has 104 valence electrons. The van der Waals surface area contributed by atoms with Gasteiger partial charge in [0.15, 0.2) is 0 Å². The number of pyridine rings is 1. The number of nitrogens with zero attached hydrogens (tertiary/aromatic N) is 1. The summed E-state index contributed by atoms with van der Waals surface area (Å²) in [5, 5.41) is 9.16. The molecule has 0 saturated carbocycles. The Kier molecular flexibility index (Phi) is 4.51. The molecule has 0 bridgehead atoms. The van der Waals surface area contributed by atoms with Crippen molar-refractivity contribution in [3.8, 4) is 0 Å². The van der Waals surface area contributed by atoms with Gasteiger partial charge in [0.1, 0.15) is 0 Å². The van der Waals surface area contributed by atoms with Crippen LogP contribution in [0, 0.1) is 13.8 Å². The number of rotatable bonds is 5. The molecule has 2 aromatic rings. The van der Waals surface area contributed by atoms with E-state index in [9.17, 15) is 4.79 Å². The molecule has 3 heteroatoms. The van der Waals surface area contributed by atoms with Crippen molar-refractivity contribution in [2.45, 2.75) is 32.6 Å². The minimum atomic E-state index is -0.760. The minimum absolute atomic E-state index is 0.00417. The second-order valence-corrected chi connectivity index (χ2v) is 5.21. The van der Waals surface area contributed by atoms with Crippen LogP contribution < -0.4 is 0 Å². The lowest BCUT2D eigenvalue weighted by molar-refractivity contribution is -0.137. The third-order valence-electron chi connectivity index (χ3n) is 3.52. The largest absolute Gasteiger partial charge is 0.481 e. The first-order valence-electron chi connectivity index (χ1n) is 6.74. The Bertz CT molecular complexity index is 593. The number of benzene rings is 1. The molecule has 1 unspecified atom stereocenters. The summed E-state index contributed by atoms with van der Waals surface area (Å²) in [7, 11) is 0. The monoisotopic (exact) mass is 269 g/mol. The highest BCUT2D eigenvalue weighted by molar-refractivity contribution is 5.68. The molecule has 0 saturated heterocycles. The van der Waals surface area contributed by atoms with Crippen LogP contribution in [0.3, 0.4) is 0 Å². The quantitative estimate of drug-likeness (QED) is 0.903. The molecule has 0 spiro atoms. The normalized spacial score (nSPS) is 12.1. The van der Waals surface area contributed by atoms with Crippen molar-refractivity contribution in [2.24, 2.45) is 0 Å². The Labute approximate surface area is 119 Å². The van der Waals surface area contributed by atoms with Gasteiger partial charge in [-0.2, -0.15) is 0 Å². The molecule has 1 atom stereocenters. The number of hydrogen-bond donors (Lipinski definition) is 1. The van der Waals surface area contributed by atoms with Crippen molar-refractivity contribution < 1.29 is 9.90 Å². The van der Waals surface area contributed by atoms with Crippen LogP contribution >= 0.6 is 0 Å². The number of aryl methyl sites for hydroxylation is 2. The van der Waals surface area contributed by atoms with Crippen LogP contribution in [0.15, 0.2) is 42.7 Å². The van der Waals surface area contributed by atoms with Gasteiger partial charge >= 0.3 is 5.97 Å². The van der Waals surface area contributed by atoms with E-state index in [0.29, 0.717) is 0 Å². The van der Waals surface area contributed by atoms with E-state index in [2.05, 4.69) is 17.1 Å². The maximum Gasteiger partial charge on any atom is 0.303 e. The first-order valence-corrected chi connectivity index (χ1v) is 6.74. The summed E-state index contributed by atoms with van der Waals surface area (Å²) in [5.41, 5.74) is 4.59.